The smallest absolute Gasteiger partial charge is 0.399 e. The lowest BCUT2D eigenvalue weighted by molar-refractivity contribution is 0.00578. The van der Waals surface area contributed by atoms with E-state index in [1.54, 1.807) is 0 Å². The average Bonchev–Trinajstić information content (AvgIpc) is 3.35. The molecule has 1 saturated heterocycles. The van der Waals surface area contributed by atoms with E-state index in [1.807, 2.05) is 0 Å². The van der Waals surface area contributed by atoms with Gasteiger partial charge in [-0.1, -0.05) is 54.6 Å². The molecule has 3 nitrogen and oxygen atoms in total. The van der Waals surface area contributed by atoms with Gasteiger partial charge in [0.25, 0.3) is 0 Å². The van der Waals surface area contributed by atoms with E-state index in [0.717, 1.165) is 5.46 Å². The van der Waals surface area contributed by atoms with Gasteiger partial charge in [0.15, 0.2) is 0 Å². The summed E-state index contributed by atoms with van der Waals surface area (Å²) >= 11 is 0. The molecule has 0 amide bonds. The Kier molecular flexibility index (Phi) is 3.37. The van der Waals surface area contributed by atoms with E-state index in [4.69, 9.17) is 9.31 Å². The molecule has 0 aliphatic carbocycles. The maximum atomic E-state index is 6.31. The van der Waals surface area contributed by atoms with Crippen LogP contribution in [0.5, 0.6) is 0 Å². The third kappa shape index (κ3) is 2.24. The third-order valence-corrected chi connectivity index (χ3v) is 7.73. The van der Waals surface area contributed by atoms with Crippen LogP contribution in [-0.2, 0) is 9.31 Å². The maximum absolute atomic E-state index is 6.31. The van der Waals surface area contributed by atoms with E-state index in [2.05, 4.69) is 105 Å². The Morgan fingerprint density at radius 2 is 1.31 bits per heavy atom. The van der Waals surface area contributed by atoms with Crippen molar-refractivity contribution >= 4 is 61.4 Å². The highest BCUT2D eigenvalue weighted by Gasteiger charge is 2.51. The third-order valence-electron chi connectivity index (χ3n) is 7.73. The molecule has 2 aromatic heterocycles. The standard InChI is InChI=1S/C28H24BNO2/c1-27(2)28(3,4)32-29(31-27)19-13-12-17-15-23-22-10-7-9-21-20-8-5-6-11-24(20)30(26(21)22)25(23)16-18(17)14-19/h5-16H,1-4H3. The van der Waals surface area contributed by atoms with Gasteiger partial charge in [0.2, 0.25) is 0 Å². The zero-order chi connectivity index (χ0) is 21.8. The average molecular weight is 417 g/mol. The molecule has 0 atom stereocenters. The molecule has 0 bridgehead atoms. The quantitative estimate of drug-likeness (QED) is 0.294. The lowest BCUT2D eigenvalue weighted by atomic mass is 9.78. The summed E-state index contributed by atoms with van der Waals surface area (Å²) in [7, 11) is -0.353. The first-order chi connectivity index (χ1) is 15.3. The largest absolute Gasteiger partial charge is 0.494 e. The van der Waals surface area contributed by atoms with Crippen LogP contribution in [0.25, 0.3) is 48.9 Å². The van der Waals surface area contributed by atoms with Gasteiger partial charge in [-0.15, -0.1) is 0 Å². The SMILES string of the molecule is CC1(C)OB(c2ccc3cc4c5cccc6c7ccccc7n(c4cc3c2)c65)OC1(C)C. The second-order valence-corrected chi connectivity index (χ2v) is 10.1. The Labute approximate surface area is 187 Å². The van der Waals surface area contributed by atoms with E-state index < -0.39 is 0 Å². The van der Waals surface area contributed by atoms with Crippen LogP contribution in [0.3, 0.4) is 0 Å². The molecule has 0 spiro atoms. The molecule has 1 aliphatic rings. The fourth-order valence-electron chi connectivity index (χ4n) is 5.32. The van der Waals surface area contributed by atoms with Crippen molar-refractivity contribution in [1.29, 1.82) is 0 Å². The van der Waals surface area contributed by atoms with Crippen molar-refractivity contribution in [1.82, 2.24) is 4.40 Å². The molecule has 0 radical (unpaired) electrons. The van der Waals surface area contributed by atoms with Crippen LogP contribution in [0, 0.1) is 0 Å². The van der Waals surface area contributed by atoms with E-state index in [0.29, 0.717) is 0 Å². The first kappa shape index (κ1) is 18.5. The van der Waals surface area contributed by atoms with Crippen molar-refractivity contribution in [2.24, 2.45) is 0 Å². The molecular weight excluding hydrogens is 393 g/mol. The predicted molar refractivity (Wildman–Crippen MR) is 134 cm³/mol. The molecule has 0 N–H and O–H groups in total. The number of para-hydroxylation sites is 2. The van der Waals surface area contributed by atoms with Crippen molar-refractivity contribution in [3.8, 4) is 0 Å². The minimum absolute atomic E-state index is 0.345. The van der Waals surface area contributed by atoms with Crippen LogP contribution < -0.4 is 5.46 Å². The molecule has 6 aromatic rings. The van der Waals surface area contributed by atoms with Crippen molar-refractivity contribution in [3.05, 3.63) is 72.8 Å². The number of fused-ring (bicyclic) bond motifs is 7. The van der Waals surface area contributed by atoms with Crippen molar-refractivity contribution in [3.63, 3.8) is 0 Å². The van der Waals surface area contributed by atoms with Gasteiger partial charge in [0, 0.05) is 21.5 Å². The molecule has 0 unspecified atom stereocenters. The van der Waals surface area contributed by atoms with Crippen LogP contribution >= 0.6 is 0 Å². The zero-order valence-electron chi connectivity index (χ0n) is 18.8. The van der Waals surface area contributed by atoms with E-state index in [-0.39, 0.29) is 18.3 Å². The minimum atomic E-state index is -0.353. The van der Waals surface area contributed by atoms with Crippen LogP contribution in [-0.4, -0.2) is 22.7 Å². The second kappa shape index (κ2) is 5.83. The fraction of sp³-hybridized carbons (Fsp3) is 0.214. The van der Waals surface area contributed by atoms with Gasteiger partial charge >= 0.3 is 7.12 Å². The Hall–Kier alpha value is -3.08. The van der Waals surface area contributed by atoms with Crippen molar-refractivity contribution in [2.75, 3.05) is 0 Å². The lowest BCUT2D eigenvalue weighted by Gasteiger charge is -2.32. The summed E-state index contributed by atoms with van der Waals surface area (Å²) in [5.41, 5.74) is 4.19. The predicted octanol–water partition coefficient (Wildman–Crippen LogP) is 6.29. The first-order valence-corrected chi connectivity index (χ1v) is 11.3. The Morgan fingerprint density at radius 1 is 0.625 bits per heavy atom. The number of nitrogens with zero attached hydrogens (tertiary/aromatic N) is 1. The van der Waals surface area contributed by atoms with E-state index in [9.17, 15) is 0 Å². The summed E-state index contributed by atoms with van der Waals surface area (Å²) in [5.74, 6) is 0. The molecule has 1 fully saturated rings. The topological polar surface area (TPSA) is 22.9 Å². The highest BCUT2D eigenvalue weighted by Crippen LogP contribution is 2.40. The summed E-state index contributed by atoms with van der Waals surface area (Å²) in [5, 5.41) is 7.67. The van der Waals surface area contributed by atoms with Crippen LogP contribution in [0.15, 0.2) is 72.8 Å². The molecule has 156 valence electrons. The molecular formula is C28H24BNO2. The maximum Gasteiger partial charge on any atom is 0.494 e. The van der Waals surface area contributed by atoms with Gasteiger partial charge in [-0.3, -0.25) is 0 Å². The highest BCUT2D eigenvalue weighted by atomic mass is 16.7. The van der Waals surface area contributed by atoms with Gasteiger partial charge < -0.3 is 13.7 Å². The van der Waals surface area contributed by atoms with Gasteiger partial charge in [-0.25, -0.2) is 0 Å². The molecule has 0 saturated carbocycles. The Bertz CT molecular complexity index is 1680. The molecule has 4 aromatic carbocycles. The van der Waals surface area contributed by atoms with Gasteiger partial charge in [-0.05, 0) is 62.1 Å². The van der Waals surface area contributed by atoms with Gasteiger partial charge in [0.05, 0.1) is 27.8 Å². The summed E-state index contributed by atoms with van der Waals surface area (Å²) in [6.45, 7) is 8.39. The molecule has 4 heteroatoms. The van der Waals surface area contributed by atoms with Crippen LogP contribution in [0.1, 0.15) is 27.7 Å². The molecule has 32 heavy (non-hydrogen) atoms. The summed E-state index contributed by atoms with van der Waals surface area (Å²) in [4.78, 5) is 0. The number of hydrogen-bond donors (Lipinski definition) is 0. The fourth-order valence-corrected chi connectivity index (χ4v) is 5.32. The summed E-state index contributed by atoms with van der Waals surface area (Å²) in [6, 6.07) is 26.6. The highest BCUT2D eigenvalue weighted by molar-refractivity contribution is 6.62. The lowest BCUT2D eigenvalue weighted by Crippen LogP contribution is -2.41. The summed E-state index contributed by atoms with van der Waals surface area (Å²) in [6.07, 6.45) is 0. The van der Waals surface area contributed by atoms with Crippen LogP contribution in [0.4, 0.5) is 0 Å². The van der Waals surface area contributed by atoms with E-state index >= 15 is 0 Å². The monoisotopic (exact) mass is 417 g/mol. The molecule has 1 aliphatic heterocycles. The number of rotatable bonds is 1. The van der Waals surface area contributed by atoms with Crippen LogP contribution in [0.2, 0.25) is 0 Å². The Morgan fingerprint density at radius 3 is 2.09 bits per heavy atom. The normalized spacial score (nSPS) is 18.2. The van der Waals surface area contributed by atoms with E-state index in [1.165, 1.54) is 48.9 Å². The number of benzene rings is 4. The van der Waals surface area contributed by atoms with Crippen molar-refractivity contribution in [2.45, 2.75) is 38.9 Å². The van der Waals surface area contributed by atoms with Crippen molar-refractivity contribution < 1.29 is 9.31 Å². The van der Waals surface area contributed by atoms with Gasteiger partial charge in [-0.2, -0.15) is 0 Å². The molecule has 3 heterocycles. The first-order valence-electron chi connectivity index (χ1n) is 11.3. The van der Waals surface area contributed by atoms with Gasteiger partial charge in [0.1, 0.15) is 0 Å². The molecule has 7 rings (SSSR count). The minimum Gasteiger partial charge on any atom is -0.399 e. The number of hydrogen-bond acceptors (Lipinski definition) is 2. The zero-order valence-corrected chi connectivity index (χ0v) is 18.8. The number of aromatic nitrogens is 1. The second-order valence-electron chi connectivity index (χ2n) is 10.1. The summed E-state index contributed by atoms with van der Waals surface area (Å²) < 4.78 is 15.0. The Balaban J connectivity index is 1.51.